The Labute approximate surface area is 160 Å². The third-order valence-corrected chi connectivity index (χ3v) is 6.38. The van der Waals surface area contributed by atoms with Gasteiger partial charge in [-0.3, -0.25) is 4.79 Å². The molecule has 3 heterocycles. The van der Waals surface area contributed by atoms with Crippen LogP contribution in [-0.2, 0) is 4.79 Å². The summed E-state index contributed by atoms with van der Waals surface area (Å²) in [4.78, 5) is 12.9. The van der Waals surface area contributed by atoms with Crippen molar-refractivity contribution in [3.8, 4) is 0 Å². The van der Waals surface area contributed by atoms with Gasteiger partial charge in [0.1, 0.15) is 0 Å². The number of amides is 1. The average molecular weight is 439 g/mol. The molecule has 2 aromatic heterocycles. The number of hydrogen-bond acceptors (Lipinski definition) is 7. The number of nitrogens with one attached hydrogen (secondary N) is 2. The van der Waals surface area contributed by atoms with Gasteiger partial charge in [0.2, 0.25) is 10.9 Å². The first kappa shape index (κ1) is 17.0. The number of rotatable bonds is 5. The number of anilines is 1. The lowest BCUT2D eigenvalue weighted by atomic mass is 10.2. The first-order valence-electron chi connectivity index (χ1n) is 7.83. The Morgan fingerprint density at radius 1 is 1.40 bits per heavy atom. The lowest BCUT2D eigenvalue weighted by molar-refractivity contribution is -0.113. The van der Waals surface area contributed by atoms with Crippen LogP contribution in [0.3, 0.4) is 0 Å². The number of carbonyl (C=O) groups is 1. The summed E-state index contributed by atoms with van der Waals surface area (Å²) in [5, 5.41) is 19.3. The van der Waals surface area contributed by atoms with Crippen molar-refractivity contribution < 1.29 is 4.79 Å². The number of fused-ring (bicyclic) bond motifs is 1. The molecule has 0 bridgehead atoms. The van der Waals surface area contributed by atoms with Gasteiger partial charge in [0.05, 0.1) is 11.8 Å². The number of carbonyl (C=O) groups excluding carboxylic acids is 1. The fourth-order valence-corrected chi connectivity index (χ4v) is 4.60. The van der Waals surface area contributed by atoms with E-state index >= 15 is 0 Å². The van der Waals surface area contributed by atoms with E-state index in [0.29, 0.717) is 5.75 Å². The van der Waals surface area contributed by atoms with Gasteiger partial charge in [-0.05, 0) is 43.7 Å². The number of hydrogen-bond donors (Lipinski definition) is 2. The van der Waals surface area contributed by atoms with E-state index in [1.807, 2.05) is 24.3 Å². The predicted octanol–water partition coefficient (Wildman–Crippen LogP) is 3.10. The van der Waals surface area contributed by atoms with Crippen molar-refractivity contribution in [3.63, 3.8) is 0 Å². The summed E-state index contributed by atoms with van der Waals surface area (Å²) in [7, 11) is 0. The highest BCUT2D eigenvalue weighted by Crippen LogP contribution is 2.28. The van der Waals surface area contributed by atoms with Gasteiger partial charge in [0.15, 0.2) is 10.2 Å². The third kappa shape index (κ3) is 3.86. The molecule has 1 atom stereocenters. The Bertz CT molecular complexity index is 887. The Kier molecular flexibility index (Phi) is 5.02. The molecule has 0 saturated carbocycles. The summed E-state index contributed by atoms with van der Waals surface area (Å²) in [5.41, 5.74) is 0.779. The second-order valence-electron chi connectivity index (χ2n) is 5.61. The largest absolute Gasteiger partial charge is 0.325 e. The normalized spacial score (nSPS) is 17.2. The van der Waals surface area contributed by atoms with E-state index in [0.717, 1.165) is 44.7 Å². The Morgan fingerprint density at radius 3 is 3.00 bits per heavy atom. The molecule has 1 unspecified atom stereocenters. The molecular formula is C15H15BrN6OS2. The van der Waals surface area contributed by atoms with Gasteiger partial charge >= 0.3 is 0 Å². The Morgan fingerprint density at radius 2 is 2.24 bits per heavy atom. The van der Waals surface area contributed by atoms with Crippen molar-refractivity contribution in [3.05, 3.63) is 34.6 Å². The van der Waals surface area contributed by atoms with E-state index in [-0.39, 0.29) is 11.9 Å². The van der Waals surface area contributed by atoms with Gasteiger partial charge in [-0.2, -0.15) is 4.52 Å². The molecule has 1 fully saturated rings. The van der Waals surface area contributed by atoms with Crippen LogP contribution in [-0.4, -0.2) is 38.0 Å². The van der Waals surface area contributed by atoms with Crippen molar-refractivity contribution in [2.24, 2.45) is 0 Å². The number of halogens is 1. The number of nitrogens with zero attached hydrogens (tertiary/aromatic N) is 4. The van der Waals surface area contributed by atoms with E-state index < -0.39 is 0 Å². The van der Waals surface area contributed by atoms with Crippen LogP contribution >= 0.6 is 39.0 Å². The van der Waals surface area contributed by atoms with Gasteiger partial charge in [0, 0.05) is 10.2 Å². The van der Waals surface area contributed by atoms with Crippen molar-refractivity contribution in [2.75, 3.05) is 17.6 Å². The van der Waals surface area contributed by atoms with E-state index in [1.54, 1.807) is 4.52 Å². The highest BCUT2D eigenvalue weighted by molar-refractivity contribution is 9.10. The number of aromatic nitrogens is 4. The minimum atomic E-state index is -0.0593. The second kappa shape index (κ2) is 7.40. The molecule has 1 aliphatic rings. The first-order chi connectivity index (χ1) is 12.2. The summed E-state index contributed by atoms with van der Waals surface area (Å²) in [6, 6.07) is 7.72. The molecule has 1 saturated heterocycles. The molecule has 1 aromatic carbocycles. The molecule has 7 nitrogen and oxygen atoms in total. The van der Waals surface area contributed by atoms with Crippen LogP contribution in [0.25, 0.3) is 4.96 Å². The van der Waals surface area contributed by atoms with Crippen LogP contribution in [0.15, 0.2) is 33.1 Å². The van der Waals surface area contributed by atoms with Crippen molar-refractivity contribution in [2.45, 2.75) is 23.2 Å². The fraction of sp³-hybridized carbons (Fsp3) is 0.333. The summed E-state index contributed by atoms with van der Waals surface area (Å²) in [5.74, 6) is 1.10. The summed E-state index contributed by atoms with van der Waals surface area (Å²) in [6.07, 6.45) is 2.19. The van der Waals surface area contributed by atoms with Gasteiger partial charge < -0.3 is 10.6 Å². The van der Waals surface area contributed by atoms with Crippen molar-refractivity contribution in [1.29, 1.82) is 0 Å². The number of thioether (sulfide) groups is 1. The van der Waals surface area contributed by atoms with Crippen molar-refractivity contribution in [1.82, 2.24) is 25.1 Å². The maximum atomic E-state index is 12.1. The third-order valence-electron chi connectivity index (χ3n) is 3.82. The number of benzene rings is 1. The van der Waals surface area contributed by atoms with Crippen LogP contribution in [0, 0.1) is 0 Å². The minimum Gasteiger partial charge on any atom is -0.325 e. The van der Waals surface area contributed by atoms with E-state index in [9.17, 15) is 4.79 Å². The molecule has 0 aliphatic carbocycles. The van der Waals surface area contributed by atoms with Crippen LogP contribution in [0.2, 0.25) is 0 Å². The minimum absolute atomic E-state index is 0.0593. The van der Waals surface area contributed by atoms with Gasteiger partial charge in [-0.25, -0.2) is 0 Å². The van der Waals surface area contributed by atoms with E-state index in [4.69, 9.17) is 0 Å². The molecule has 4 rings (SSSR count). The van der Waals surface area contributed by atoms with Gasteiger partial charge in [-0.1, -0.05) is 39.0 Å². The second-order valence-corrected chi connectivity index (χ2v) is 8.71. The van der Waals surface area contributed by atoms with Crippen LogP contribution in [0.1, 0.15) is 24.7 Å². The maximum Gasteiger partial charge on any atom is 0.235 e. The molecule has 3 aromatic rings. The van der Waals surface area contributed by atoms with Crippen LogP contribution < -0.4 is 10.6 Å². The zero-order chi connectivity index (χ0) is 17.2. The molecule has 2 N–H and O–H groups in total. The Hall–Kier alpha value is -1.49. The first-order valence-corrected chi connectivity index (χ1v) is 10.4. The molecule has 0 radical (unpaired) electrons. The quantitative estimate of drug-likeness (QED) is 0.595. The van der Waals surface area contributed by atoms with Crippen LogP contribution in [0.5, 0.6) is 0 Å². The molecule has 1 aliphatic heterocycles. The smallest absolute Gasteiger partial charge is 0.235 e. The Balaban J connectivity index is 1.39. The summed E-state index contributed by atoms with van der Waals surface area (Å²) >= 11 is 6.24. The molecule has 10 heteroatoms. The monoisotopic (exact) mass is 438 g/mol. The molecule has 130 valence electrons. The predicted molar refractivity (Wildman–Crippen MR) is 102 cm³/mol. The summed E-state index contributed by atoms with van der Waals surface area (Å²) < 4.78 is 3.59. The van der Waals surface area contributed by atoms with Crippen molar-refractivity contribution >= 4 is 55.6 Å². The lowest BCUT2D eigenvalue weighted by Crippen LogP contribution is -2.16. The van der Waals surface area contributed by atoms with E-state index in [1.165, 1.54) is 23.1 Å². The SMILES string of the molecule is O=C(CSc1nn2c(C3CCCN3)nnc2s1)Nc1ccc(Br)cc1. The molecular weight excluding hydrogens is 424 g/mol. The molecule has 1 amide bonds. The zero-order valence-electron chi connectivity index (χ0n) is 13.1. The highest BCUT2D eigenvalue weighted by Gasteiger charge is 2.23. The molecule has 0 spiro atoms. The summed E-state index contributed by atoms with van der Waals surface area (Å²) in [6.45, 7) is 1.00. The maximum absolute atomic E-state index is 12.1. The molecule has 25 heavy (non-hydrogen) atoms. The average Bonchev–Trinajstić information content (AvgIpc) is 3.31. The van der Waals surface area contributed by atoms with Gasteiger partial charge in [0.25, 0.3) is 0 Å². The zero-order valence-corrected chi connectivity index (χ0v) is 16.3. The topological polar surface area (TPSA) is 84.2 Å². The lowest BCUT2D eigenvalue weighted by Gasteiger charge is -2.05. The fourth-order valence-electron chi connectivity index (χ4n) is 2.65. The highest BCUT2D eigenvalue weighted by atomic mass is 79.9. The van der Waals surface area contributed by atoms with E-state index in [2.05, 4.69) is 41.9 Å². The van der Waals surface area contributed by atoms with Gasteiger partial charge in [-0.15, -0.1) is 15.3 Å². The standard InChI is InChI=1S/C15H15BrN6OS2/c16-9-3-5-10(6-4-9)18-12(23)8-24-15-21-22-13(11-2-1-7-17-11)19-20-14(22)25-15/h3-6,11,17H,1-2,7-8H2,(H,18,23). The van der Waals surface area contributed by atoms with Crippen LogP contribution in [0.4, 0.5) is 5.69 Å².